The van der Waals surface area contributed by atoms with Crippen LogP contribution in [0.5, 0.6) is 0 Å². The number of aliphatic carboxylic acids is 4. The van der Waals surface area contributed by atoms with Gasteiger partial charge in [0.25, 0.3) is 0 Å². The zero-order valence-corrected chi connectivity index (χ0v) is 17.6. The number of rotatable bonds is 8. The molecule has 0 aromatic carbocycles. The maximum Gasteiger partial charge on any atom is 0.303 e. The Bertz CT molecular complexity index is 475. The second-order valence-corrected chi connectivity index (χ2v) is 8.87. The highest BCUT2D eigenvalue weighted by Gasteiger charge is 2.23. The molecule has 1 saturated carbocycles. The van der Waals surface area contributed by atoms with Gasteiger partial charge >= 0.3 is 23.9 Å². The zero-order valence-electron chi connectivity index (χ0n) is 17.6. The van der Waals surface area contributed by atoms with E-state index in [2.05, 4.69) is 0 Å². The van der Waals surface area contributed by atoms with Crippen LogP contribution >= 0.6 is 0 Å². The lowest BCUT2D eigenvalue weighted by molar-refractivity contribution is -0.140. The van der Waals surface area contributed by atoms with E-state index in [0.717, 1.165) is 12.8 Å². The first-order valence-electron chi connectivity index (χ1n) is 11.0. The first kappa shape index (κ1) is 25.9. The molecule has 0 aromatic rings. The topological polar surface area (TPSA) is 149 Å². The van der Waals surface area contributed by atoms with E-state index in [1.54, 1.807) is 0 Å². The zero-order chi connectivity index (χ0) is 22.5. The molecule has 30 heavy (non-hydrogen) atoms. The van der Waals surface area contributed by atoms with Crippen LogP contribution in [0.4, 0.5) is 0 Å². The SMILES string of the molecule is O=C(O)CC1CCCC(CC(=O)O)CCC(CC(=O)O)CCCC(CC(=O)O)CC1. The van der Waals surface area contributed by atoms with Crippen molar-refractivity contribution >= 4 is 23.9 Å². The first-order chi connectivity index (χ1) is 14.2. The number of hydrogen-bond donors (Lipinski definition) is 4. The summed E-state index contributed by atoms with van der Waals surface area (Å²) in [6.07, 6.45) is 6.94. The number of carbonyl (C=O) groups is 4. The van der Waals surface area contributed by atoms with E-state index in [4.69, 9.17) is 0 Å². The minimum atomic E-state index is -0.866. The summed E-state index contributed by atoms with van der Waals surface area (Å²) in [5.74, 6) is -3.61. The van der Waals surface area contributed by atoms with Gasteiger partial charge in [-0.05, 0) is 75.0 Å². The molecule has 0 spiro atoms. The molecule has 8 heteroatoms. The maximum absolute atomic E-state index is 11.2. The average Bonchev–Trinajstić information content (AvgIpc) is 2.60. The van der Waals surface area contributed by atoms with Crippen molar-refractivity contribution in [2.75, 3.05) is 0 Å². The van der Waals surface area contributed by atoms with E-state index in [-0.39, 0.29) is 49.4 Å². The van der Waals surface area contributed by atoms with Crippen molar-refractivity contribution in [2.45, 2.75) is 89.9 Å². The molecule has 1 rings (SSSR count). The fourth-order valence-electron chi connectivity index (χ4n) is 4.71. The summed E-state index contributed by atoms with van der Waals surface area (Å²) in [7, 11) is 0. The van der Waals surface area contributed by atoms with Gasteiger partial charge < -0.3 is 20.4 Å². The third-order valence-electron chi connectivity index (χ3n) is 6.27. The van der Waals surface area contributed by atoms with E-state index in [9.17, 15) is 39.6 Å². The van der Waals surface area contributed by atoms with Crippen molar-refractivity contribution in [3.8, 4) is 0 Å². The lowest BCUT2D eigenvalue weighted by Gasteiger charge is -2.24. The average molecular weight is 429 g/mol. The molecule has 172 valence electrons. The molecule has 1 aliphatic carbocycles. The van der Waals surface area contributed by atoms with Crippen LogP contribution in [0.2, 0.25) is 0 Å². The molecule has 0 heterocycles. The third kappa shape index (κ3) is 12.4. The van der Waals surface area contributed by atoms with Gasteiger partial charge in [-0.3, -0.25) is 19.2 Å². The fraction of sp³-hybridized carbons (Fsp3) is 0.818. The molecular weight excluding hydrogens is 392 g/mol. The van der Waals surface area contributed by atoms with Crippen molar-refractivity contribution in [2.24, 2.45) is 23.7 Å². The Morgan fingerprint density at radius 2 is 0.633 bits per heavy atom. The summed E-state index contributed by atoms with van der Waals surface area (Å²) in [6, 6.07) is 0. The molecular formula is C22H36O8. The third-order valence-corrected chi connectivity index (χ3v) is 6.27. The number of carboxylic acid groups (broad SMARTS) is 4. The molecule has 0 amide bonds. The molecule has 4 unspecified atom stereocenters. The Morgan fingerprint density at radius 3 is 0.800 bits per heavy atom. The van der Waals surface area contributed by atoms with Crippen molar-refractivity contribution in [3.05, 3.63) is 0 Å². The van der Waals surface area contributed by atoms with Crippen LogP contribution in [0.25, 0.3) is 0 Å². The predicted octanol–water partition coefficient (Wildman–Crippen LogP) is 4.26. The Balaban J connectivity index is 2.87. The lowest BCUT2D eigenvalue weighted by Crippen LogP contribution is -2.16. The molecule has 1 fully saturated rings. The van der Waals surface area contributed by atoms with Crippen LogP contribution in [0.3, 0.4) is 0 Å². The van der Waals surface area contributed by atoms with Crippen molar-refractivity contribution in [3.63, 3.8) is 0 Å². The molecule has 0 bridgehead atoms. The second kappa shape index (κ2) is 14.0. The highest BCUT2D eigenvalue weighted by Crippen LogP contribution is 2.31. The standard InChI is InChI=1S/C22H36O8/c23-19(24)11-15-3-1-4-16(12-20(25)26)8-10-18(14-22(29)30)6-2-5-17(9-7-15)13-21(27)28/h15-18H,1-14H2,(H,23,24)(H,25,26)(H,27,28)(H,29,30). The maximum atomic E-state index is 11.2. The van der Waals surface area contributed by atoms with Gasteiger partial charge in [0, 0.05) is 25.7 Å². The molecule has 0 saturated heterocycles. The minimum absolute atomic E-state index is 0.0352. The van der Waals surface area contributed by atoms with Crippen LogP contribution in [0.15, 0.2) is 0 Å². The lowest BCUT2D eigenvalue weighted by atomic mass is 9.81. The Labute approximate surface area is 177 Å². The molecule has 1 aliphatic rings. The van der Waals surface area contributed by atoms with Crippen LogP contribution in [0, 0.1) is 23.7 Å². The summed E-state index contributed by atoms with van der Waals surface area (Å²) in [5.41, 5.74) is 0. The normalized spacial score (nSPS) is 26.9. The Morgan fingerprint density at radius 1 is 0.433 bits per heavy atom. The summed E-state index contributed by atoms with van der Waals surface area (Å²) >= 11 is 0. The smallest absolute Gasteiger partial charge is 0.303 e. The van der Waals surface area contributed by atoms with Gasteiger partial charge in [0.1, 0.15) is 0 Å². The molecule has 4 atom stereocenters. The van der Waals surface area contributed by atoms with Crippen molar-refractivity contribution < 1.29 is 39.6 Å². The summed E-state index contributed by atoms with van der Waals surface area (Å²) in [4.78, 5) is 44.9. The Kier molecular flexibility index (Phi) is 12.1. The van der Waals surface area contributed by atoms with Crippen molar-refractivity contribution in [1.82, 2.24) is 0 Å². The van der Waals surface area contributed by atoms with Gasteiger partial charge in [-0.15, -0.1) is 0 Å². The summed E-state index contributed by atoms with van der Waals surface area (Å²) < 4.78 is 0. The number of carboxylic acids is 4. The highest BCUT2D eigenvalue weighted by atomic mass is 16.4. The van der Waals surface area contributed by atoms with Gasteiger partial charge in [-0.2, -0.15) is 0 Å². The molecule has 0 radical (unpaired) electrons. The van der Waals surface area contributed by atoms with Gasteiger partial charge in [0.15, 0.2) is 0 Å². The fourth-order valence-corrected chi connectivity index (χ4v) is 4.71. The highest BCUT2D eigenvalue weighted by molar-refractivity contribution is 5.68. The monoisotopic (exact) mass is 428 g/mol. The summed E-state index contributed by atoms with van der Waals surface area (Å²) in [5, 5.41) is 36.8. The van der Waals surface area contributed by atoms with Gasteiger partial charge in [0.05, 0.1) is 0 Å². The molecule has 8 nitrogen and oxygen atoms in total. The van der Waals surface area contributed by atoms with E-state index < -0.39 is 23.9 Å². The van der Waals surface area contributed by atoms with Crippen LogP contribution in [0.1, 0.15) is 89.9 Å². The van der Waals surface area contributed by atoms with E-state index in [1.807, 2.05) is 0 Å². The van der Waals surface area contributed by atoms with Crippen LogP contribution in [-0.4, -0.2) is 44.3 Å². The predicted molar refractivity (Wildman–Crippen MR) is 109 cm³/mol. The van der Waals surface area contributed by atoms with E-state index in [0.29, 0.717) is 51.4 Å². The van der Waals surface area contributed by atoms with E-state index >= 15 is 0 Å². The molecule has 4 N–H and O–H groups in total. The summed E-state index contributed by atoms with van der Waals surface area (Å²) in [6.45, 7) is 0. The van der Waals surface area contributed by atoms with Gasteiger partial charge in [-0.25, -0.2) is 0 Å². The molecule has 0 aliphatic heterocycles. The largest absolute Gasteiger partial charge is 0.481 e. The quantitative estimate of drug-likeness (QED) is 0.448. The van der Waals surface area contributed by atoms with Crippen LogP contribution in [-0.2, 0) is 19.2 Å². The van der Waals surface area contributed by atoms with Gasteiger partial charge in [0.2, 0.25) is 0 Å². The van der Waals surface area contributed by atoms with E-state index in [1.165, 1.54) is 0 Å². The first-order valence-corrected chi connectivity index (χ1v) is 11.0. The van der Waals surface area contributed by atoms with Crippen molar-refractivity contribution in [1.29, 1.82) is 0 Å². The Hall–Kier alpha value is -2.12. The van der Waals surface area contributed by atoms with Gasteiger partial charge in [-0.1, -0.05) is 12.8 Å². The minimum Gasteiger partial charge on any atom is -0.481 e. The number of hydrogen-bond acceptors (Lipinski definition) is 4. The second-order valence-electron chi connectivity index (χ2n) is 8.87. The molecule has 0 aromatic heterocycles. The van der Waals surface area contributed by atoms with Crippen LogP contribution < -0.4 is 0 Å².